The monoisotopic (exact) mass is 430 g/mol. The van der Waals surface area contributed by atoms with Gasteiger partial charge in [-0.3, -0.25) is 9.59 Å². The Morgan fingerprint density at radius 1 is 0.938 bits per heavy atom. The number of imide groups is 1. The van der Waals surface area contributed by atoms with Crippen LogP contribution in [0.3, 0.4) is 0 Å². The molecule has 32 heavy (non-hydrogen) atoms. The zero-order chi connectivity index (χ0) is 22.8. The van der Waals surface area contributed by atoms with Gasteiger partial charge < -0.3 is 10.1 Å². The van der Waals surface area contributed by atoms with Gasteiger partial charge in [-0.25, -0.2) is 9.29 Å². The third-order valence-corrected chi connectivity index (χ3v) is 5.22. The number of ether oxygens (including phenoxy) is 1. The number of nitrogens with zero attached hydrogens (tertiary/aromatic N) is 1. The Labute approximate surface area is 186 Å². The Kier molecular flexibility index (Phi) is 5.77. The maximum Gasteiger partial charge on any atom is 0.282 e. The molecule has 0 aliphatic carbocycles. The Bertz CT molecular complexity index is 1230. The van der Waals surface area contributed by atoms with E-state index in [2.05, 4.69) is 5.32 Å². The number of amides is 2. The van der Waals surface area contributed by atoms with Gasteiger partial charge in [0.15, 0.2) is 0 Å². The molecule has 1 heterocycles. The number of benzene rings is 3. The highest BCUT2D eigenvalue weighted by atomic mass is 19.1. The van der Waals surface area contributed by atoms with Crippen molar-refractivity contribution in [2.45, 2.75) is 20.8 Å². The van der Waals surface area contributed by atoms with Crippen LogP contribution >= 0.6 is 0 Å². The molecule has 4 rings (SSSR count). The van der Waals surface area contributed by atoms with Crippen molar-refractivity contribution in [2.24, 2.45) is 0 Å². The molecule has 162 valence electrons. The van der Waals surface area contributed by atoms with E-state index >= 15 is 0 Å². The van der Waals surface area contributed by atoms with Crippen molar-refractivity contribution in [3.8, 4) is 5.75 Å². The van der Waals surface area contributed by atoms with Crippen LogP contribution in [0.2, 0.25) is 0 Å². The number of aryl methyl sites for hydroxylation is 2. The van der Waals surface area contributed by atoms with Crippen LogP contribution in [-0.2, 0) is 9.59 Å². The maximum absolute atomic E-state index is 13.5. The zero-order valence-electron chi connectivity index (χ0n) is 18.1. The van der Waals surface area contributed by atoms with Gasteiger partial charge in [-0.05, 0) is 62.2 Å². The number of halogens is 1. The predicted molar refractivity (Wildman–Crippen MR) is 123 cm³/mol. The van der Waals surface area contributed by atoms with Crippen molar-refractivity contribution in [1.82, 2.24) is 0 Å². The maximum atomic E-state index is 13.5. The fourth-order valence-electron chi connectivity index (χ4n) is 3.78. The highest BCUT2D eigenvalue weighted by Crippen LogP contribution is 2.35. The minimum Gasteiger partial charge on any atom is -0.494 e. The van der Waals surface area contributed by atoms with Crippen LogP contribution in [0.1, 0.15) is 23.6 Å². The van der Waals surface area contributed by atoms with Gasteiger partial charge in [-0.1, -0.05) is 35.9 Å². The lowest BCUT2D eigenvalue weighted by atomic mass is 10.0. The summed E-state index contributed by atoms with van der Waals surface area (Å²) in [6, 6.07) is 18.2. The molecule has 1 N–H and O–H groups in total. The van der Waals surface area contributed by atoms with E-state index in [0.29, 0.717) is 29.3 Å². The molecule has 5 nitrogen and oxygen atoms in total. The summed E-state index contributed by atoms with van der Waals surface area (Å²) >= 11 is 0. The van der Waals surface area contributed by atoms with Crippen LogP contribution in [0.4, 0.5) is 15.8 Å². The Morgan fingerprint density at radius 3 is 2.38 bits per heavy atom. The van der Waals surface area contributed by atoms with Gasteiger partial charge in [-0.2, -0.15) is 0 Å². The lowest BCUT2D eigenvalue weighted by Crippen LogP contribution is -2.33. The van der Waals surface area contributed by atoms with Crippen molar-refractivity contribution < 1.29 is 18.7 Å². The van der Waals surface area contributed by atoms with Gasteiger partial charge in [0.05, 0.1) is 17.9 Å². The van der Waals surface area contributed by atoms with Crippen LogP contribution in [0, 0.1) is 19.7 Å². The lowest BCUT2D eigenvalue weighted by Gasteiger charge is -2.18. The number of rotatable bonds is 6. The highest BCUT2D eigenvalue weighted by molar-refractivity contribution is 6.46. The lowest BCUT2D eigenvalue weighted by molar-refractivity contribution is -0.120. The summed E-state index contributed by atoms with van der Waals surface area (Å²) in [4.78, 5) is 28.2. The van der Waals surface area contributed by atoms with Gasteiger partial charge >= 0.3 is 0 Å². The van der Waals surface area contributed by atoms with Crippen LogP contribution in [0.25, 0.3) is 5.57 Å². The zero-order valence-corrected chi connectivity index (χ0v) is 18.1. The van der Waals surface area contributed by atoms with Crippen LogP contribution in [-0.4, -0.2) is 18.4 Å². The molecule has 6 heteroatoms. The van der Waals surface area contributed by atoms with Crippen molar-refractivity contribution in [3.63, 3.8) is 0 Å². The molecule has 0 bridgehead atoms. The molecule has 0 fully saturated rings. The first-order valence-electron chi connectivity index (χ1n) is 10.3. The standard InChI is InChI=1S/C26H23FN2O3/c1-4-32-21-7-5-6-20(15-21)28-24-23(18-9-11-19(27)12-10-18)25(30)29(26(24)31)22-13-8-16(2)14-17(22)3/h5-15,28H,4H2,1-3H3. The molecule has 0 saturated heterocycles. The second-order valence-electron chi connectivity index (χ2n) is 7.58. The van der Waals surface area contributed by atoms with E-state index < -0.39 is 17.6 Å². The molecule has 0 atom stereocenters. The molecular weight excluding hydrogens is 407 g/mol. The smallest absolute Gasteiger partial charge is 0.282 e. The van der Waals surface area contributed by atoms with Gasteiger partial charge in [0, 0.05) is 11.8 Å². The molecule has 1 aliphatic heterocycles. The van der Waals surface area contributed by atoms with Crippen LogP contribution < -0.4 is 15.0 Å². The molecule has 0 saturated carbocycles. The first-order chi connectivity index (χ1) is 15.4. The average Bonchev–Trinajstić information content (AvgIpc) is 2.99. The summed E-state index contributed by atoms with van der Waals surface area (Å²) in [6.07, 6.45) is 0. The molecule has 0 unspecified atom stereocenters. The van der Waals surface area contributed by atoms with E-state index in [1.54, 1.807) is 24.3 Å². The molecule has 3 aromatic rings. The second kappa shape index (κ2) is 8.67. The number of carbonyl (C=O) groups excluding carboxylic acids is 2. The van der Waals surface area contributed by atoms with E-state index in [4.69, 9.17) is 4.74 Å². The van der Waals surface area contributed by atoms with E-state index in [1.807, 2.05) is 39.0 Å². The summed E-state index contributed by atoms with van der Waals surface area (Å²) < 4.78 is 19.1. The summed E-state index contributed by atoms with van der Waals surface area (Å²) in [5.41, 5.74) is 3.75. The minimum atomic E-state index is -0.469. The van der Waals surface area contributed by atoms with E-state index in [-0.39, 0.29) is 11.3 Å². The fraction of sp³-hybridized carbons (Fsp3) is 0.154. The largest absolute Gasteiger partial charge is 0.494 e. The molecular formula is C26H23FN2O3. The topological polar surface area (TPSA) is 58.6 Å². The summed E-state index contributed by atoms with van der Waals surface area (Å²) in [7, 11) is 0. The number of hydrogen-bond acceptors (Lipinski definition) is 4. The minimum absolute atomic E-state index is 0.134. The molecule has 2 amide bonds. The van der Waals surface area contributed by atoms with Crippen LogP contribution in [0.15, 0.2) is 72.4 Å². The van der Waals surface area contributed by atoms with E-state index in [0.717, 1.165) is 11.1 Å². The van der Waals surface area contributed by atoms with Gasteiger partial charge in [0.2, 0.25) is 0 Å². The molecule has 0 radical (unpaired) electrons. The SMILES string of the molecule is CCOc1cccc(NC2=C(c3ccc(F)cc3)C(=O)N(c3ccc(C)cc3C)C2=O)c1. The van der Waals surface area contributed by atoms with Crippen molar-refractivity contribution >= 4 is 28.8 Å². The van der Waals surface area contributed by atoms with Crippen molar-refractivity contribution in [2.75, 3.05) is 16.8 Å². The number of hydrogen-bond donors (Lipinski definition) is 1. The van der Waals surface area contributed by atoms with Crippen molar-refractivity contribution in [3.05, 3.63) is 94.9 Å². The third kappa shape index (κ3) is 3.99. The van der Waals surface area contributed by atoms with Gasteiger partial charge in [0.1, 0.15) is 17.3 Å². The fourth-order valence-corrected chi connectivity index (χ4v) is 3.78. The summed E-state index contributed by atoms with van der Waals surface area (Å²) in [5, 5.41) is 3.11. The second-order valence-corrected chi connectivity index (χ2v) is 7.58. The van der Waals surface area contributed by atoms with E-state index in [1.165, 1.54) is 29.2 Å². The average molecular weight is 430 g/mol. The van der Waals surface area contributed by atoms with Gasteiger partial charge in [-0.15, -0.1) is 0 Å². The molecule has 0 aromatic heterocycles. The van der Waals surface area contributed by atoms with Crippen molar-refractivity contribution in [1.29, 1.82) is 0 Å². The van der Waals surface area contributed by atoms with E-state index in [9.17, 15) is 14.0 Å². The van der Waals surface area contributed by atoms with Crippen LogP contribution in [0.5, 0.6) is 5.75 Å². The highest BCUT2D eigenvalue weighted by Gasteiger charge is 2.40. The molecule has 3 aromatic carbocycles. The Hall–Kier alpha value is -3.93. The number of nitrogens with one attached hydrogen (secondary N) is 1. The summed E-state index contributed by atoms with van der Waals surface area (Å²) in [6.45, 7) is 6.20. The Morgan fingerprint density at radius 2 is 1.69 bits per heavy atom. The quantitative estimate of drug-likeness (QED) is 0.544. The van der Waals surface area contributed by atoms with Gasteiger partial charge in [0.25, 0.3) is 11.8 Å². The third-order valence-electron chi connectivity index (χ3n) is 5.22. The molecule has 1 aliphatic rings. The first-order valence-corrected chi connectivity index (χ1v) is 10.3. The molecule has 0 spiro atoms. The Balaban J connectivity index is 1.81. The normalized spacial score (nSPS) is 13.7. The predicted octanol–water partition coefficient (Wildman–Crippen LogP) is 5.24. The number of carbonyl (C=O) groups is 2. The first kappa shape index (κ1) is 21.3. The summed E-state index contributed by atoms with van der Waals surface area (Å²) in [5.74, 6) is -0.708. The number of anilines is 2.